The topological polar surface area (TPSA) is 114 Å². The van der Waals surface area contributed by atoms with E-state index in [4.69, 9.17) is 22.1 Å². The third-order valence-electron chi connectivity index (χ3n) is 7.70. The molecular formula is C31H34ClF2N3O4. The van der Waals surface area contributed by atoms with Gasteiger partial charge in [-0.1, -0.05) is 50.6 Å². The van der Waals surface area contributed by atoms with E-state index in [1.54, 1.807) is 24.3 Å². The molecule has 1 aliphatic rings. The number of halogens is 3. The van der Waals surface area contributed by atoms with Crippen LogP contribution in [0.25, 0.3) is 0 Å². The third kappa shape index (κ3) is 6.07. The molecule has 1 heterocycles. The summed E-state index contributed by atoms with van der Waals surface area (Å²) >= 11 is 6.11. The number of amides is 1. The Morgan fingerprint density at radius 2 is 1.78 bits per heavy atom. The highest BCUT2D eigenvalue weighted by Crippen LogP contribution is 2.52. The molecule has 5 N–H and O–H groups in total. The molecule has 0 unspecified atom stereocenters. The van der Waals surface area contributed by atoms with Crippen LogP contribution in [0.5, 0.6) is 5.75 Å². The van der Waals surface area contributed by atoms with Gasteiger partial charge in [-0.25, -0.2) is 13.6 Å². The number of rotatable bonds is 8. The van der Waals surface area contributed by atoms with Crippen LogP contribution in [0.1, 0.15) is 54.6 Å². The molecule has 0 saturated carbocycles. The van der Waals surface area contributed by atoms with Crippen molar-refractivity contribution in [2.24, 2.45) is 11.1 Å². The fraction of sp³-hybridized carbons (Fsp3) is 0.355. The zero-order chi connectivity index (χ0) is 30.1. The molecule has 1 saturated heterocycles. The highest BCUT2D eigenvalue weighted by Gasteiger charge is 2.59. The lowest BCUT2D eigenvalue weighted by Gasteiger charge is -2.42. The van der Waals surface area contributed by atoms with Gasteiger partial charge in [0.2, 0.25) is 5.91 Å². The largest absolute Gasteiger partial charge is 0.495 e. The molecule has 218 valence electrons. The van der Waals surface area contributed by atoms with Crippen molar-refractivity contribution >= 4 is 29.2 Å². The van der Waals surface area contributed by atoms with Crippen molar-refractivity contribution < 1.29 is 28.2 Å². The summed E-state index contributed by atoms with van der Waals surface area (Å²) in [5, 5.41) is 15.9. The van der Waals surface area contributed by atoms with E-state index >= 15 is 4.39 Å². The van der Waals surface area contributed by atoms with Crippen LogP contribution < -0.4 is 21.1 Å². The Labute approximate surface area is 243 Å². The second kappa shape index (κ2) is 11.8. The molecule has 10 heteroatoms. The third-order valence-corrected chi connectivity index (χ3v) is 7.93. The quantitative estimate of drug-likeness (QED) is 0.269. The second-order valence-electron chi connectivity index (χ2n) is 11.6. The highest BCUT2D eigenvalue weighted by atomic mass is 35.5. The number of nitrogens with one attached hydrogen (secondary N) is 2. The molecule has 4 atom stereocenters. The minimum absolute atomic E-state index is 0.00590. The highest BCUT2D eigenvalue weighted by molar-refractivity contribution is 6.30. The molecule has 1 fully saturated rings. The summed E-state index contributed by atoms with van der Waals surface area (Å²) in [4.78, 5) is 25.5. The van der Waals surface area contributed by atoms with E-state index in [9.17, 15) is 19.1 Å². The van der Waals surface area contributed by atoms with Crippen LogP contribution in [0.15, 0.2) is 60.7 Å². The molecule has 3 aromatic carbocycles. The number of hydrogen-bond acceptors (Lipinski definition) is 5. The lowest BCUT2D eigenvalue weighted by Crippen LogP contribution is -2.50. The minimum atomic E-state index is -1.14. The van der Waals surface area contributed by atoms with Crippen LogP contribution in [0.2, 0.25) is 5.02 Å². The minimum Gasteiger partial charge on any atom is -0.495 e. The Balaban J connectivity index is 1.89. The summed E-state index contributed by atoms with van der Waals surface area (Å²) in [6.45, 7) is 6.11. The van der Waals surface area contributed by atoms with Gasteiger partial charge in [-0.3, -0.25) is 4.79 Å². The van der Waals surface area contributed by atoms with Crippen LogP contribution in [0.4, 0.5) is 14.5 Å². The van der Waals surface area contributed by atoms with Crippen molar-refractivity contribution in [1.82, 2.24) is 5.32 Å². The fourth-order valence-electron chi connectivity index (χ4n) is 5.96. The summed E-state index contributed by atoms with van der Waals surface area (Å²) < 4.78 is 35.2. The van der Waals surface area contributed by atoms with Gasteiger partial charge in [-0.05, 0) is 65.4 Å². The molecule has 1 amide bonds. The number of ether oxygens (including phenoxy) is 1. The second-order valence-corrected chi connectivity index (χ2v) is 12.0. The Hall–Kier alpha value is -3.53. The number of aromatic carboxylic acids is 1. The summed E-state index contributed by atoms with van der Waals surface area (Å²) in [6, 6.07) is 12.9. The first kappa shape index (κ1) is 30.4. The number of carboxylic acid groups (broad SMARTS) is 1. The van der Waals surface area contributed by atoms with Crippen molar-refractivity contribution in [2.75, 3.05) is 19.0 Å². The average Bonchev–Trinajstić information content (AvgIpc) is 3.22. The van der Waals surface area contributed by atoms with E-state index in [0.717, 1.165) is 0 Å². The standard InChI is InChI=1S/C31H34ClF2N3O4/c1-30(2,3)15-25-31(16-35,21-11-8-19(32)14-22(21)34)26(17-5-9-20(33)10-6-17)27(37-25)28(38)36-23-12-7-18(29(39)40)13-24(23)41-4/h5-14,25-27,37H,15-16,35H2,1-4H3,(H,36,38)(H,39,40)/t25-,26-,27+,31-/m0/s1. The predicted octanol–water partition coefficient (Wildman–Crippen LogP) is 5.72. The number of methoxy groups -OCH3 is 1. The molecule has 4 rings (SSSR count). The summed E-state index contributed by atoms with van der Waals surface area (Å²) in [7, 11) is 1.37. The maximum absolute atomic E-state index is 15.8. The van der Waals surface area contributed by atoms with Gasteiger partial charge in [0, 0.05) is 28.9 Å². The van der Waals surface area contributed by atoms with E-state index < -0.39 is 46.9 Å². The fourth-order valence-corrected chi connectivity index (χ4v) is 6.11. The Bertz CT molecular complexity index is 1440. The number of carbonyl (C=O) groups is 2. The van der Waals surface area contributed by atoms with Gasteiger partial charge in [0.1, 0.15) is 17.4 Å². The zero-order valence-corrected chi connectivity index (χ0v) is 24.1. The molecule has 7 nitrogen and oxygen atoms in total. The SMILES string of the molecule is COc1cc(C(=O)O)ccc1NC(=O)[C@@H]1N[C@@H](CC(C)(C)C)[C@](CN)(c2ccc(Cl)cc2F)[C@H]1c1ccc(F)cc1. The number of benzene rings is 3. The monoisotopic (exact) mass is 585 g/mol. The zero-order valence-electron chi connectivity index (χ0n) is 23.3. The maximum Gasteiger partial charge on any atom is 0.335 e. The van der Waals surface area contributed by atoms with E-state index in [1.807, 2.05) is 20.8 Å². The normalized spacial score (nSPS) is 22.4. The first-order valence-electron chi connectivity index (χ1n) is 13.2. The van der Waals surface area contributed by atoms with Gasteiger partial charge < -0.3 is 26.2 Å². The first-order chi connectivity index (χ1) is 19.3. The lowest BCUT2D eigenvalue weighted by molar-refractivity contribution is -0.118. The number of nitrogens with two attached hydrogens (primary N) is 1. The van der Waals surface area contributed by atoms with Crippen LogP contribution in [-0.4, -0.2) is 42.7 Å². The average molecular weight is 586 g/mol. The molecule has 0 bridgehead atoms. The van der Waals surface area contributed by atoms with Gasteiger partial charge >= 0.3 is 5.97 Å². The summed E-state index contributed by atoms with van der Waals surface area (Å²) in [5.74, 6) is -3.17. The van der Waals surface area contributed by atoms with Crippen molar-refractivity contribution in [1.29, 1.82) is 0 Å². The maximum atomic E-state index is 15.8. The van der Waals surface area contributed by atoms with Crippen molar-refractivity contribution in [3.8, 4) is 5.75 Å². The molecule has 0 aliphatic carbocycles. The molecule has 0 aromatic heterocycles. The van der Waals surface area contributed by atoms with Crippen molar-refractivity contribution in [3.63, 3.8) is 0 Å². The van der Waals surface area contributed by atoms with Crippen molar-refractivity contribution in [2.45, 2.75) is 50.6 Å². The number of anilines is 1. The predicted molar refractivity (Wildman–Crippen MR) is 155 cm³/mol. The lowest BCUT2D eigenvalue weighted by atomic mass is 9.62. The van der Waals surface area contributed by atoms with E-state index in [-0.39, 0.29) is 34.0 Å². The molecule has 1 aliphatic heterocycles. The molecular weight excluding hydrogens is 552 g/mol. The van der Waals surface area contributed by atoms with E-state index in [1.165, 1.54) is 43.5 Å². The van der Waals surface area contributed by atoms with E-state index in [0.29, 0.717) is 17.5 Å². The Morgan fingerprint density at radius 1 is 1.10 bits per heavy atom. The molecule has 0 spiro atoms. The molecule has 3 aromatic rings. The molecule has 41 heavy (non-hydrogen) atoms. The van der Waals surface area contributed by atoms with Gasteiger partial charge in [-0.15, -0.1) is 0 Å². The number of carboxylic acids is 1. The summed E-state index contributed by atoms with van der Waals surface area (Å²) in [6.07, 6.45) is 0.532. The van der Waals surface area contributed by atoms with Crippen LogP contribution >= 0.6 is 11.6 Å². The van der Waals surface area contributed by atoms with Gasteiger partial charge in [0.05, 0.1) is 24.4 Å². The smallest absolute Gasteiger partial charge is 0.335 e. The van der Waals surface area contributed by atoms with Crippen molar-refractivity contribution in [3.05, 3.63) is 94.0 Å². The summed E-state index contributed by atoms with van der Waals surface area (Å²) in [5.41, 5.74) is 6.35. The van der Waals surface area contributed by atoms with E-state index in [2.05, 4.69) is 10.6 Å². The van der Waals surface area contributed by atoms with Gasteiger partial charge in [0.15, 0.2) is 0 Å². The first-order valence-corrected chi connectivity index (χ1v) is 13.6. The Morgan fingerprint density at radius 3 is 2.34 bits per heavy atom. The van der Waals surface area contributed by atoms with Crippen LogP contribution in [0.3, 0.4) is 0 Å². The molecule has 0 radical (unpaired) electrons. The van der Waals surface area contributed by atoms with Crippen LogP contribution in [-0.2, 0) is 10.2 Å². The number of hydrogen-bond donors (Lipinski definition) is 4. The van der Waals surface area contributed by atoms with Gasteiger partial charge in [-0.2, -0.15) is 0 Å². The Kier molecular flexibility index (Phi) is 8.73. The number of carbonyl (C=O) groups excluding carboxylic acids is 1. The van der Waals surface area contributed by atoms with Gasteiger partial charge in [0.25, 0.3) is 0 Å². The van der Waals surface area contributed by atoms with Crippen LogP contribution in [0, 0.1) is 17.0 Å².